The molecule has 35 heavy (non-hydrogen) atoms. The SMILES string of the molecule is Cc1cc(C)cc(N(CCC#N)C(=O)COC(=O)c2ccc3c(=O)n4c(nc3c2)CCCCC4)c1. The Kier molecular flexibility index (Phi) is 7.25. The van der Waals surface area contributed by atoms with Crippen molar-refractivity contribution in [2.75, 3.05) is 18.1 Å². The van der Waals surface area contributed by atoms with Crippen LogP contribution in [0.15, 0.2) is 41.2 Å². The number of fused-ring (bicyclic) bond motifs is 2. The number of amides is 1. The Hall–Kier alpha value is -3.99. The molecule has 180 valence electrons. The number of esters is 1. The number of aromatic nitrogens is 2. The highest BCUT2D eigenvalue weighted by Crippen LogP contribution is 2.20. The summed E-state index contributed by atoms with van der Waals surface area (Å²) >= 11 is 0. The maximum absolute atomic E-state index is 12.9. The summed E-state index contributed by atoms with van der Waals surface area (Å²) in [6, 6.07) is 12.4. The Balaban J connectivity index is 1.52. The van der Waals surface area contributed by atoms with Crippen molar-refractivity contribution < 1.29 is 14.3 Å². The number of aryl methyl sites for hydroxylation is 3. The van der Waals surface area contributed by atoms with Crippen LogP contribution >= 0.6 is 0 Å². The summed E-state index contributed by atoms with van der Waals surface area (Å²) in [7, 11) is 0. The van der Waals surface area contributed by atoms with E-state index in [-0.39, 0.29) is 24.1 Å². The summed E-state index contributed by atoms with van der Waals surface area (Å²) in [5, 5.41) is 9.47. The van der Waals surface area contributed by atoms with Gasteiger partial charge < -0.3 is 9.64 Å². The van der Waals surface area contributed by atoms with Crippen LogP contribution < -0.4 is 10.5 Å². The Morgan fingerprint density at radius 3 is 2.63 bits per heavy atom. The Bertz CT molecular complexity index is 1370. The van der Waals surface area contributed by atoms with Crippen molar-refractivity contribution in [1.29, 1.82) is 5.26 Å². The van der Waals surface area contributed by atoms with Crippen molar-refractivity contribution in [3.8, 4) is 6.07 Å². The molecule has 1 aliphatic heterocycles. The second-order valence-electron chi connectivity index (χ2n) is 8.90. The highest BCUT2D eigenvalue weighted by molar-refractivity contribution is 5.98. The van der Waals surface area contributed by atoms with Gasteiger partial charge in [0.25, 0.3) is 11.5 Å². The first kappa shape index (κ1) is 24.1. The molecular weight excluding hydrogens is 444 g/mol. The second-order valence-corrected chi connectivity index (χ2v) is 8.90. The third-order valence-electron chi connectivity index (χ3n) is 6.15. The summed E-state index contributed by atoms with van der Waals surface area (Å²) < 4.78 is 7.05. The molecule has 2 aromatic carbocycles. The van der Waals surface area contributed by atoms with Crippen molar-refractivity contribution in [3.05, 3.63) is 69.3 Å². The van der Waals surface area contributed by atoms with Gasteiger partial charge >= 0.3 is 5.97 Å². The molecule has 0 saturated carbocycles. The minimum Gasteiger partial charge on any atom is -0.452 e. The van der Waals surface area contributed by atoms with Crippen molar-refractivity contribution in [1.82, 2.24) is 9.55 Å². The van der Waals surface area contributed by atoms with E-state index in [0.29, 0.717) is 23.1 Å². The number of carbonyl (C=O) groups excluding carboxylic acids is 2. The summed E-state index contributed by atoms with van der Waals surface area (Å²) in [6.45, 7) is 4.26. The fourth-order valence-corrected chi connectivity index (χ4v) is 4.50. The quantitative estimate of drug-likeness (QED) is 0.505. The fraction of sp³-hybridized carbons (Fsp3) is 0.370. The van der Waals surface area contributed by atoms with Crippen molar-refractivity contribution in [3.63, 3.8) is 0 Å². The number of hydrogen-bond acceptors (Lipinski definition) is 6. The van der Waals surface area contributed by atoms with Gasteiger partial charge in [0.2, 0.25) is 0 Å². The molecule has 0 unspecified atom stereocenters. The predicted octanol–water partition coefficient (Wildman–Crippen LogP) is 3.84. The van der Waals surface area contributed by atoms with Crippen LogP contribution in [-0.4, -0.2) is 34.6 Å². The van der Waals surface area contributed by atoms with Gasteiger partial charge in [0.15, 0.2) is 6.61 Å². The molecule has 8 nitrogen and oxygen atoms in total. The van der Waals surface area contributed by atoms with Crippen molar-refractivity contribution >= 4 is 28.5 Å². The Morgan fingerprint density at radius 1 is 1.11 bits per heavy atom. The fourth-order valence-electron chi connectivity index (χ4n) is 4.50. The molecule has 1 amide bonds. The largest absolute Gasteiger partial charge is 0.452 e. The first-order valence-corrected chi connectivity index (χ1v) is 11.8. The third kappa shape index (κ3) is 5.40. The number of carbonyl (C=O) groups is 2. The summed E-state index contributed by atoms with van der Waals surface area (Å²) in [4.78, 5) is 44.7. The number of nitriles is 1. The van der Waals surface area contributed by atoms with Gasteiger partial charge in [0, 0.05) is 25.2 Å². The lowest BCUT2D eigenvalue weighted by atomic mass is 10.1. The highest BCUT2D eigenvalue weighted by atomic mass is 16.5. The molecule has 3 aromatic rings. The molecule has 0 radical (unpaired) electrons. The van der Waals surface area contributed by atoms with Gasteiger partial charge in [-0.15, -0.1) is 0 Å². The lowest BCUT2D eigenvalue weighted by Crippen LogP contribution is -2.35. The summed E-state index contributed by atoms with van der Waals surface area (Å²) in [5.41, 5.74) is 3.23. The van der Waals surface area contributed by atoms with Gasteiger partial charge in [-0.1, -0.05) is 12.5 Å². The number of ether oxygens (including phenoxy) is 1. The van der Waals surface area contributed by atoms with Crippen molar-refractivity contribution in [2.24, 2.45) is 0 Å². The van der Waals surface area contributed by atoms with E-state index in [1.54, 1.807) is 16.7 Å². The third-order valence-corrected chi connectivity index (χ3v) is 6.15. The Morgan fingerprint density at radius 2 is 1.89 bits per heavy atom. The van der Waals surface area contributed by atoms with E-state index >= 15 is 0 Å². The van der Waals surface area contributed by atoms with Crippen LogP contribution in [-0.2, 0) is 22.5 Å². The molecule has 2 heterocycles. The van der Waals surface area contributed by atoms with Gasteiger partial charge in [0.1, 0.15) is 5.82 Å². The van der Waals surface area contributed by atoms with E-state index in [0.717, 1.165) is 42.6 Å². The van der Waals surface area contributed by atoms with E-state index in [4.69, 9.17) is 10.00 Å². The van der Waals surface area contributed by atoms with Gasteiger partial charge in [-0.05, 0) is 68.1 Å². The van der Waals surface area contributed by atoms with Crippen molar-refractivity contribution in [2.45, 2.75) is 52.5 Å². The van der Waals surface area contributed by atoms with Gasteiger partial charge in [-0.3, -0.25) is 14.2 Å². The molecule has 1 aromatic heterocycles. The topological polar surface area (TPSA) is 105 Å². The second kappa shape index (κ2) is 10.5. The molecule has 0 N–H and O–H groups in total. The number of benzene rings is 2. The number of hydrogen-bond donors (Lipinski definition) is 0. The zero-order valence-electron chi connectivity index (χ0n) is 20.0. The van der Waals surface area contributed by atoms with E-state index in [1.165, 1.54) is 11.0 Å². The molecule has 0 spiro atoms. The van der Waals surface area contributed by atoms with Gasteiger partial charge in [0.05, 0.1) is 29.0 Å². The van der Waals surface area contributed by atoms with Crippen LogP contribution in [0, 0.1) is 25.2 Å². The molecule has 0 atom stereocenters. The molecule has 0 saturated heterocycles. The van der Waals surface area contributed by atoms with E-state index in [9.17, 15) is 14.4 Å². The maximum atomic E-state index is 12.9. The Labute approximate surface area is 203 Å². The zero-order valence-corrected chi connectivity index (χ0v) is 20.0. The molecule has 0 bridgehead atoms. The van der Waals surface area contributed by atoms with Crippen LogP contribution in [0.4, 0.5) is 5.69 Å². The van der Waals surface area contributed by atoms with E-state index in [2.05, 4.69) is 11.1 Å². The highest BCUT2D eigenvalue weighted by Gasteiger charge is 2.20. The summed E-state index contributed by atoms with van der Waals surface area (Å²) in [6.07, 6.45) is 3.86. The monoisotopic (exact) mass is 472 g/mol. The van der Waals surface area contributed by atoms with Crippen LogP contribution in [0.2, 0.25) is 0 Å². The van der Waals surface area contributed by atoms with Gasteiger partial charge in [-0.25, -0.2) is 9.78 Å². The number of rotatable bonds is 6. The molecule has 0 aliphatic carbocycles. The smallest absolute Gasteiger partial charge is 0.338 e. The van der Waals surface area contributed by atoms with Gasteiger partial charge in [-0.2, -0.15) is 5.26 Å². The molecule has 0 fully saturated rings. The lowest BCUT2D eigenvalue weighted by molar-refractivity contribution is -0.121. The van der Waals surface area contributed by atoms with Crippen LogP contribution in [0.1, 0.15) is 53.0 Å². The zero-order chi connectivity index (χ0) is 24.9. The van der Waals surface area contributed by atoms with Crippen LogP contribution in [0.25, 0.3) is 10.9 Å². The lowest BCUT2D eigenvalue weighted by Gasteiger charge is -2.22. The van der Waals surface area contributed by atoms with Crippen LogP contribution in [0.3, 0.4) is 0 Å². The average Bonchev–Trinajstić information content (AvgIpc) is 3.07. The van der Waals surface area contributed by atoms with Crippen LogP contribution in [0.5, 0.6) is 0 Å². The average molecular weight is 473 g/mol. The minimum atomic E-state index is -0.669. The normalized spacial score (nSPS) is 12.9. The number of nitrogens with zero attached hydrogens (tertiary/aromatic N) is 4. The molecular formula is C27H28N4O4. The van der Waals surface area contributed by atoms with E-state index in [1.807, 2.05) is 32.0 Å². The molecule has 4 rings (SSSR count). The minimum absolute atomic E-state index is 0.0939. The number of anilines is 1. The predicted molar refractivity (Wildman–Crippen MR) is 132 cm³/mol. The molecule has 1 aliphatic rings. The molecule has 8 heteroatoms. The summed E-state index contributed by atoms with van der Waals surface area (Å²) in [5.74, 6) is -0.346. The first-order valence-electron chi connectivity index (χ1n) is 11.8. The van der Waals surface area contributed by atoms with E-state index < -0.39 is 18.5 Å². The first-order chi connectivity index (χ1) is 16.9. The standard InChI is InChI=1S/C27H28N4O4/c1-18-13-19(2)15-21(14-18)30(12-6-10-28)25(32)17-35-27(34)20-8-9-22-23(16-20)29-24-7-4-3-5-11-31(24)26(22)33/h8-9,13-16H,3-7,11-12,17H2,1-2H3. The maximum Gasteiger partial charge on any atom is 0.338 e.